The van der Waals surface area contributed by atoms with Crippen LogP contribution in [-0.2, 0) is 13.1 Å². The molecule has 1 aromatic carbocycles. The van der Waals surface area contributed by atoms with Crippen LogP contribution in [-0.4, -0.2) is 18.2 Å². The van der Waals surface area contributed by atoms with E-state index in [2.05, 4.69) is 34.6 Å². The van der Waals surface area contributed by atoms with Crippen LogP contribution >= 0.6 is 0 Å². The molecule has 0 spiro atoms. The SMILES string of the molecule is CN=C(NCc1ccc(F)c(C)c1)NCc1cc(C(C)C)no1. The maximum absolute atomic E-state index is 13.3. The average molecular weight is 318 g/mol. The molecule has 0 amide bonds. The minimum Gasteiger partial charge on any atom is -0.359 e. The van der Waals surface area contributed by atoms with Crippen molar-refractivity contribution < 1.29 is 8.91 Å². The second-order valence-corrected chi connectivity index (χ2v) is 5.74. The number of hydrogen-bond acceptors (Lipinski definition) is 3. The van der Waals surface area contributed by atoms with Crippen LogP contribution in [0.25, 0.3) is 0 Å². The molecular weight excluding hydrogens is 295 g/mol. The van der Waals surface area contributed by atoms with Crippen molar-refractivity contribution in [3.63, 3.8) is 0 Å². The number of hydrogen-bond donors (Lipinski definition) is 2. The molecule has 1 aromatic heterocycles. The van der Waals surface area contributed by atoms with Crippen LogP contribution in [0.1, 0.15) is 42.3 Å². The number of aryl methyl sites for hydroxylation is 1. The van der Waals surface area contributed by atoms with Crippen molar-refractivity contribution in [2.75, 3.05) is 7.05 Å². The normalized spacial score (nSPS) is 11.8. The van der Waals surface area contributed by atoms with Gasteiger partial charge in [-0.1, -0.05) is 31.1 Å². The summed E-state index contributed by atoms with van der Waals surface area (Å²) in [6.07, 6.45) is 0. The van der Waals surface area contributed by atoms with Crippen molar-refractivity contribution in [3.8, 4) is 0 Å². The first-order valence-corrected chi connectivity index (χ1v) is 7.64. The van der Waals surface area contributed by atoms with Gasteiger partial charge in [0.2, 0.25) is 0 Å². The van der Waals surface area contributed by atoms with Gasteiger partial charge in [-0.15, -0.1) is 0 Å². The molecule has 1 heterocycles. The molecule has 2 N–H and O–H groups in total. The summed E-state index contributed by atoms with van der Waals surface area (Å²) in [4.78, 5) is 4.16. The number of benzene rings is 1. The molecule has 0 bridgehead atoms. The lowest BCUT2D eigenvalue weighted by Gasteiger charge is -2.11. The molecule has 5 nitrogen and oxygen atoms in total. The van der Waals surface area contributed by atoms with Crippen LogP contribution < -0.4 is 10.6 Å². The topological polar surface area (TPSA) is 62.5 Å². The molecule has 124 valence electrons. The summed E-state index contributed by atoms with van der Waals surface area (Å²) in [5, 5.41) is 10.4. The van der Waals surface area contributed by atoms with E-state index in [0.717, 1.165) is 17.0 Å². The Kier molecular flexibility index (Phi) is 5.73. The quantitative estimate of drug-likeness (QED) is 0.657. The van der Waals surface area contributed by atoms with Crippen molar-refractivity contribution in [3.05, 3.63) is 52.7 Å². The fourth-order valence-electron chi connectivity index (χ4n) is 2.08. The Bertz CT molecular complexity index is 679. The predicted octanol–water partition coefficient (Wildman–Crippen LogP) is 3.11. The van der Waals surface area contributed by atoms with Gasteiger partial charge in [-0.2, -0.15) is 0 Å². The Hall–Kier alpha value is -2.37. The third-order valence-corrected chi connectivity index (χ3v) is 3.50. The number of aromatic nitrogens is 1. The molecule has 0 saturated carbocycles. The standard InChI is InChI=1S/C17H23FN4O/c1-11(2)16-8-14(23-22-16)10-21-17(19-4)20-9-13-5-6-15(18)12(3)7-13/h5-8,11H,9-10H2,1-4H3,(H2,19,20,21). The summed E-state index contributed by atoms with van der Waals surface area (Å²) in [7, 11) is 1.70. The maximum atomic E-state index is 13.3. The van der Waals surface area contributed by atoms with Gasteiger partial charge < -0.3 is 15.2 Å². The summed E-state index contributed by atoms with van der Waals surface area (Å²) >= 11 is 0. The van der Waals surface area contributed by atoms with E-state index in [9.17, 15) is 4.39 Å². The van der Waals surface area contributed by atoms with E-state index in [1.807, 2.05) is 12.1 Å². The molecule has 2 aromatic rings. The van der Waals surface area contributed by atoms with E-state index in [0.29, 0.717) is 30.5 Å². The minimum atomic E-state index is -0.192. The smallest absolute Gasteiger partial charge is 0.191 e. The lowest BCUT2D eigenvalue weighted by atomic mass is 10.1. The highest BCUT2D eigenvalue weighted by Gasteiger charge is 2.08. The summed E-state index contributed by atoms with van der Waals surface area (Å²) in [5.41, 5.74) is 2.57. The second-order valence-electron chi connectivity index (χ2n) is 5.74. The van der Waals surface area contributed by atoms with Gasteiger partial charge in [0, 0.05) is 19.7 Å². The third-order valence-electron chi connectivity index (χ3n) is 3.50. The molecule has 0 aliphatic rings. The van der Waals surface area contributed by atoms with Gasteiger partial charge in [-0.05, 0) is 30.0 Å². The van der Waals surface area contributed by atoms with Gasteiger partial charge in [0.25, 0.3) is 0 Å². The summed E-state index contributed by atoms with van der Waals surface area (Å²) in [6.45, 7) is 6.96. The Morgan fingerprint density at radius 3 is 2.61 bits per heavy atom. The van der Waals surface area contributed by atoms with E-state index < -0.39 is 0 Å². The Balaban J connectivity index is 1.86. The summed E-state index contributed by atoms with van der Waals surface area (Å²) in [5.74, 6) is 1.55. The molecule has 0 fully saturated rings. The monoisotopic (exact) mass is 318 g/mol. The molecule has 0 atom stereocenters. The van der Waals surface area contributed by atoms with Gasteiger partial charge in [-0.25, -0.2) is 4.39 Å². The lowest BCUT2D eigenvalue weighted by Crippen LogP contribution is -2.36. The van der Waals surface area contributed by atoms with E-state index in [1.165, 1.54) is 6.07 Å². The molecular formula is C17H23FN4O. The van der Waals surface area contributed by atoms with Gasteiger partial charge in [-0.3, -0.25) is 4.99 Å². The predicted molar refractivity (Wildman–Crippen MR) is 88.8 cm³/mol. The van der Waals surface area contributed by atoms with Crippen LogP contribution in [0, 0.1) is 12.7 Å². The second kappa shape index (κ2) is 7.76. The molecule has 0 radical (unpaired) electrons. The first-order valence-electron chi connectivity index (χ1n) is 7.64. The number of nitrogens with zero attached hydrogens (tertiary/aromatic N) is 2. The zero-order valence-electron chi connectivity index (χ0n) is 14.0. The third kappa shape index (κ3) is 4.81. The number of rotatable bonds is 5. The Morgan fingerprint density at radius 1 is 1.26 bits per heavy atom. The highest BCUT2D eigenvalue weighted by Crippen LogP contribution is 2.13. The molecule has 6 heteroatoms. The van der Waals surface area contributed by atoms with Crippen molar-refractivity contribution >= 4 is 5.96 Å². The van der Waals surface area contributed by atoms with E-state index in [4.69, 9.17) is 4.52 Å². The fraction of sp³-hybridized carbons (Fsp3) is 0.412. The Labute approximate surface area is 136 Å². The molecule has 0 aliphatic carbocycles. The Morgan fingerprint density at radius 2 is 2.00 bits per heavy atom. The van der Waals surface area contributed by atoms with Crippen molar-refractivity contribution in [1.29, 1.82) is 0 Å². The fourth-order valence-corrected chi connectivity index (χ4v) is 2.08. The summed E-state index contributed by atoms with van der Waals surface area (Å²) in [6, 6.07) is 6.99. The van der Waals surface area contributed by atoms with Gasteiger partial charge >= 0.3 is 0 Å². The van der Waals surface area contributed by atoms with Gasteiger partial charge in [0.15, 0.2) is 11.7 Å². The number of guanidine groups is 1. The maximum Gasteiger partial charge on any atom is 0.191 e. The van der Waals surface area contributed by atoms with Crippen molar-refractivity contribution in [2.24, 2.45) is 4.99 Å². The highest BCUT2D eigenvalue weighted by atomic mass is 19.1. The first kappa shape index (κ1) is 17.0. The van der Waals surface area contributed by atoms with E-state index in [-0.39, 0.29) is 5.82 Å². The van der Waals surface area contributed by atoms with Gasteiger partial charge in [0.05, 0.1) is 12.2 Å². The summed E-state index contributed by atoms with van der Waals surface area (Å²) < 4.78 is 18.5. The van der Waals surface area contributed by atoms with Crippen molar-refractivity contribution in [2.45, 2.75) is 39.8 Å². The van der Waals surface area contributed by atoms with Crippen molar-refractivity contribution in [1.82, 2.24) is 15.8 Å². The van der Waals surface area contributed by atoms with E-state index in [1.54, 1.807) is 20.0 Å². The van der Waals surface area contributed by atoms with Crippen LogP contribution in [0.15, 0.2) is 33.8 Å². The number of aliphatic imine (C=N–C) groups is 1. The first-order chi connectivity index (χ1) is 11.0. The largest absolute Gasteiger partial charge is 0.359 e. The minimum absolute atomic E-state index is 0.192. The molecule has 0 saturated heterocycles. The van der Waals surface area contributed by atoms with Crippen LogP contribution in [0.5, 0.6) is 0 Å². The molecule has 23 heavy (non-hydrogen) atoms. The number of nitrogens with one attached hydrogen (secondary N) is 2. The zero-order chi connectivity index (χ0) is 16.8. The molecule has 0 unspecified atom stereocenters. The zero-order valence-corrected chi connectivity index (χ0v) is 14.0. The van der Waals surface area contributed by atoms with Crippen LogP contribution in [0.4, 0.5) is 4.39 Å². The van der Waals surface area contributed by atoms with E-state index >= 15 is 0 Å². The average Bonchev–Trinajstić information content (AvgIpc) is 3.00. The number of halogens is 1. The van der Waals surface area contributed by atoms with Crippen LogP contribution in [0.3, 0.4) is 0 Å². The molecule has 0 aliphatic heterocycles. The van der Waals surface area contributed by atoms with Crippen LogP contribution in [0.2, 0.25) is 0 Å². The van der Waals surface area contributed by atoms with Gasteiger partial charge in [0.1, 0.15) is 5.82 Å². The molecule has 2 rings (SSSR count). The lowest BCUT2D eigenvalue weighted by molar-refractivity contribution is 0.372. The highest BCUT2D eigenvalue weighted by molar-refractivity contribution is 5.79.